The molecule has 0 heterocycles. The number of hydrogen-bond acceptors (Lipinski definition) is 2. The van der Waals surface area contributed by atoms with Crippen LogP contribution in [0.5, 0.6) is 0 Å². The normalized spacial score (nSPS) is 18.7. The van der Waals surface area contributed by atoms with Crippen LogP contribution in [0.25, 0.3) is 0 Å². The summed E-state index contributed by atoms with van der Waals surface area (Å²) in [6.07, 6.45) is 11.8. The van der Waals surface area contributed by atoms with Gasteiger partial charge < -0.3 is 0 Å². The maximum Gasteiger partial charge on any atom is 0.242 e. The number of hydrogen-bond donors (Lipinski definition) is 0. The van der Waals surface area contributed by atoms with Crippen LogP contribution in [0.15, 0.2) is 11.8 Å². The highest BCUT2D eigenvalue weighted by molar-refractivity contribution is 4.97. The Morgan fingerprint density at radius 3 is 2.56 bits per heavy atom. The highest BCUT2D eigenvalue weighted by Gasteiger charge is 2.17. The Morgan fingerprint density at radius 1 is 1.31 bits per heavy atom. The van der Waals surface area contributed by atoms with Crippen molar-refractivity contribution in [3.8, 4) is 0 Å². The van der Waals surface area contributed by atoms with E-state index >= 15 is 0 Å². The van der Waals surface area contributed by atoms with Gasteiger partial charge in [-0.25, -0.2) is 0 Å². The molecule has 0 aliphatic heterocycles. The molecule has 1 fully saturated rings. The van der Waals surface area contributed by atoms with E-state index in [9.17, 15) is 10.1 Å². The van der Waals surface area contributed by atoms with Gasteiger partial charge in [-0.3, -0.25) is 10.1 Å². The minimum Gasteiger partial charge on any atom is -0.259 e. The monoisotopic (exact) mass is 225 g/mol. The van der Waals surface area contributed by atoms with Crippen LogP contribution in [0.3, 0.4) is 0 Å². The second-order valence-electron chi connectivity index (χ2n) is 4.77. The lowest BCUT2D eigenvalue weighted by molar-refractivity contribution is -0.428. The molecule has 1 saturated carbocycles. The zero-order chi connectivity index (χ0) is 11.8. The van der Waals surface area contributed by atoms with E-state index in [-0.39, 0.29) is 4.92 Å². The van der Waals surface area contributed by atoms with E-state index < -0.39 is 0 Å². The topological polar surface area (TPSA) is 43.1 Å². The Bertz CT molecular complexity index is 242. The summed E-state index contributed by atoms with van der Waals surface area (Å²) < 4.78 is 0. The molecule has 0 amide bonds. The number of unbranched alkanes of at least 4 members (excludes halogenated alkanes) is 2. The molecule has 0 saturated heterocycles. The molecule has 0 bridgehead atoms. The maximum absolute atomic E-state index is 10.9. The highest BCUT2D eigenvalue weighted by atomic mass is 16.6. The van der Waals surface area contributed by atoms with E-state index in [1.54, 1.807) is 0 Å². The zero-order valence-electron chi connectivity index (χ0n) is 10.3. The van der Waals surface area contributed by atoms with Crippen molar-refractivity contribution >= 4 is 0 Å². The summed E-state index contributed by atoms with van der Waals surface area (Å²) in [7, 11) is 0. The molecule has 0 N–H and O–H groups in total. The van der Waals surface area contributed by atoms with Gasteiger partial charge in [0.05, 0.1) is 4.92 Å². The smallest absolute Gasteiger partial charge is 0.242 e. The minimum absolute atomic E-state index is 0.176. The Labute approximate surface area is 98.1 Å². The fourth-order valence-corrected chi connectivity index (χ4v) is 2.36. The first kappa shape index (κ1) is 13.2. The summed E-state index contributed by atoms with van der Waals surface area (Å²) in [5.41, 5.74) is 0.459. The van der Waals surface area contributed by atoms with Gasteiger partial charge in [-0.15, -0.1) is 0 Å². The van der Waals surface area contributed by atoms with Crippen molar-refractivity contribution in [3.05, 3.63) is 21.9 Å². The number of nitro groups is 1. The summed E-state index contributed by atoms with van der Waals surface area (Å²) in [6.45, 7) is 2.12. The first-order valence-electron chi connectivity index (χ1n) is 6.59. The van der Waals surface area contributed by atoms with Gasteiger partial charge in [0, 0.05) is 6.42 Å². The van der Waals surface area contributed by atoms with E-state index in [2.05, 4.69) is 6.92 Å². The first-order chi connectivity index (χ1) is 7.74. The molecule has 92 valence electrons. The molecular formula is C13H23NO2. The SMILES string of the molecule is CCCCC/C(=C\C1CCCCC1)[N+](=O)[O-]. The van der Waals surface area contributed by atoms with E-state index in [4.69, 9.17) is 0 Å². The molecule has 0 unspecified atom stereocenters. The van der Waals surface area contributed by atoms with Gasteiger partial charge in [-0.05, 0) is 31.3 Å². The van der Waals surface area contributed by atoms with Crippen molar-refractivity contribution in [2.45, 2.75) is 64.7 Å². The minimum atomic E-state index is -0.176. The fraction of sp³-hybridized carbons (Fsp3) is 0.846. The van der Waals surface area contributed by atoms with Gasteiger partial charge in [0.15, 0.2) is 0 Å². The van der Waals surface area contributed by atoms with Crippen LogP contribution in [0.4, 0.5) is 0 Å². The second-order valence-corrected chi connectivity index (χ2v) is 4.77. The van der Waals surface area contributed by atoms with Crippen molar-refractivity contribution in [2.24, 2.45) is 5.92 Å². The van der Waals surface area contributed by atoms with Crippen molar-refractivity contribution < 1.29 is 4.92 Å². The molecule has 1 rings (SSSR count). The molecule has 0 radical (unpaired) electrons. The van der Waals surface area contributed by atoms with Gasteiger partial charge in [0.1, 0.15) is 0 Å². The molecule has 0 aromatic heterocycles. The van der Waals surface area contributed by atoms with Crippen LogP contribution in [0.2, 0.25) is 0 Å². The third-order valence-electron chi connectivity index (χ3n) is 3.35. The van der Waals surface area contributed by atoms with E-state index in [1.807, 2.05) is 6.08 Å². The fourth-order valence-electron chi connectivity index (χ4n) is 2.36. The molecule has 0 atom stereocenters. The van der Waals surface area contributed by atoms with Gasteiger partial charge in [-0.2, -0.15) is 0 Å². The van der Waals surface area contributed by atoms with E-state index in [0.717, 1.165) is 32.1 Å². The van der Waals surface area contributed by atoms with Gasteiger partial charge >= 0.3 is 0 Å². The quantitative estimate of drug-likeness (QED) is 0.384. The average Bonchev–Trinajstić information content (AvgIpc) is 2.29. The lowest BCUT2D eigenvalue weighted by Gasteiger charge is -2.17. The number of rotatable bonds is 6. The first-order valence-corrected chi connectivity index (χ1v) is 6.59. The summed E-state index contributed by atoms with van der Waals surface area (Å²) in [6, 6.07) is 0. The van der Waals surface area contributed by atoms with Crippen LogP contribution in [-0.4, -0.2) is 4.92 Å². The predicted molar refractivity (Wildman–Crippen MR) is 65.8 cm³/mol. The molecular weight excluding hydrogens is 202 g/mol. The lowest BCUT2D eigenvalue weighted by Crippen LogP contribution is -2.07. The summed E-state index contributed by atoms with van der Waals surface area (Å²) in [5, 5.41) is 10.9. The maximum atomic E-state index is 10.9. The Morgan fingerprint density at radius 2 is 2.00 bits per heavy atom. The summed E-state index contributed by atoms with van der Waals surface area (Å²) in [5.74, 6) is 0.468. The van der Waals surface area contributed by atoms with Crippen LogP contribution in [0.1, 0.15) is 64.7 Å². The van der Waals surface area contributed by atoms with Crippen molar-refractivity contribution in [1.29, 1.82) is 0 Å². The van der Waals surface area contributed by atoms with E-state index in [1.165, 1.54) is 19.3 Å². The molecule has 16 heavy (non-hydrogen) atoms. The second kappa shape index (κ2) is 7.42. The van der Waals surface area contributed by atoms with Gasteiger partial charge in [-0.1, -0.05) is 39.0 Å². The van der Waals surface area contributed by atoms with Crippen LogP contribution < -0.4 is 0 Å². The van der Waals surface area contributed by atoms with E-state index in [0.29, 0.717) is 18.0 Å². The third-order valence-corrected chi connectivity index (χ3v) is 3.35. The van der Waals surface area contributed by atoms with Crippen LogP contribution >= 0.6 is 0 Å². The van der Waals surface area contributed by atoms with Crippen molar-refractivity contribution in [1.82, 2.24) is 0 Å². The third kappa shape index (κ3) is 4.77. The molecule has 0 spiro atoms. The van der Waals surface area contributed by atoms with Crippen molar-refractivity contribution in [2.75, 3.05) is 0 Å². The Balaban J connectivity index is 2.46. The average molecular weight is 225 g/mol. The lowest BCUT2D eigenvalue weighted by atomic mass is 9.88. The van der Waals surface area contributed by atoms with Crippen LogP contribution in [-0.2, 0) is 0 Å². The number of nitrogens with zero attached hydrogens (tertiary/aromatic N) is 1. The predicted octanol–water partition coefficient (Wildman–Crippen LogP) is 4.31. The number of allylic oxidation sites excluding steroid dienone is 2. The van der Waals surface area contributed by atoms with Crippen molar-refractivity contribution in [3.63, 3.8) is 0 Å². The highest BCUT2D eigenvalue weighted by Crippen LogP contribution is 2.26. The Kier molecular flexibility index (Phi) is 6.12. The Hall–Kier alpha value is -0.860. The molecule has 3 heteroatoms. The largest absolute Gasteiger partial charge is 0.259 e. The zero-order valence-corrected chi connectivity index (χ0v) is 10.3. The summed E-state index contributed by atoms with van der Waals surface area (Å²) >= 11 is 0. The molecule has 1 aliphatic carbocycles. The summed E-state index contributed by atoms with van der Waals surface area (Å²) in [4.78, 5) is 10.7. The molecule has 3 nitrogen and oxygen atoms in total. The molecule has 0 aromatic carbocycles. The van der Waals surface area contributed by atoms with Gasteiger partial charge in [0.25, 0.3) is 0 Å². The van der Waals surface area contributed by atoms with Crippen LogP contribution in [0, 0.1) is 16.0 Å². The molecule has 0 aromatic rings. The molecule has 1 aliphatic rings. The standard InChI is InChI=1S/C13H23NO2/c1-2-3-5-10-13(14(15)16)11-12-8-6-4-7-9-12/h11-12H,2-10H2,1H3/b13-11+. The van der Waals surface area contributed by atoms with Gasteiger partial charge in [0.2, 0.25) is 5.70 Å².